The van der Waals surface area contributed by atoms with Crippen LogP contribution in [0.15, 0.2) is 36.4 Å². The molecule has 4 N–H and O–H groups in total. The highest BCUT2D eigenvalue weighted by Crippen LogP contribution is 2.39. The number of aliphatic hydroxyl groups is 2. The third kappa shape index (κ3) is 8.96. The Bertz CT molecular complexity index is 1450. The van der Waals surface area contributed by atoms with E-state index in [0.717, 1.165) is 50.0 Å². The lowest BCUT2D eigenvalue weighted by atomic mass is 9.78. The molecule has 2 aromatic rings. The van der Waals surface area contributed by atoms with Gasteiger partial charge in [-0.05, 0) is 55.4 Å². The van der Waals surface area contributed by atoms with Crippen LogP contribution in [0.2, 0.25) is 0 Å². The number of carboxylic acid groups (broad SMARTS) is 1. The van der Waals surface area contributed by atoms with Crippen molar-refractivity contribution >= 4 is 17.6 Å². The van der Waals surface area contributed by atoms with E-state index in [4.69, 9.17) is 14.3 Å². The van der Waals surface area contributed by atoms with Crippen LogP contribution >= 0.6 is 0 Å². The summed E-state index contributed by atoms with van der Waals surface area (Å²) in [5.74, 6) is -0.480. The number of amides is 1. The van der Waals surface area contributed by atoms with Crippen molar-refractivity contribution in [2.45, 2.75) is 77.3 Å². The van der Waals surface area contributed by atoms with Crippen LogP contribution in [0.25, 0.3) is 11.1 Å². The van der Waals surface area contributed by atoms with E-state index in [-0.39, 0.29) is 30.7 Å². The largest absolute Gasteiger partial charge is 0.491 e. The summed E-state index contributed by atoms with van der Waals surface area (Å²) >= 11 is 0. The normalized spacial score (nSPS) is 26.8. The summed E-state index contributed by atoms with van der Waals surface area (Å²) in [6.45, 7) is 9.79. The summed E-state index contributed by atoms with van der Waals surface area (Å²) in [6.07, 6.45) is 2.48. The summed E-state index contributed by atoms with van der Waals surface area (Å²) in [4.78, 5) is 36.8. The van der Waals surface area contributed by atoms with Gasteiger partial charge in [-0.25, -0.2) is 4.79 Å². The molecule has 276 valence electrons. The molecule has 0 unspecified atom stereocenters. The zero-order valence-corrected chi connectivity index (χ0v) is 30.2. The van der Waals surface area contributed by atoms with Crippen molar-refractivity contribution in [3.05, 3.63) is 47.5 Å². The van der Waals surface area contributed by atoms with Gasteiger partial charge in [-0.1, -0.05) is 44.9 Å². The maximum Gasteiger partial charge on any atom is 0.335 e. The molecular weight excluding hydrogens is 640 g/mol. The maximum absolute atomic E-state index is 14.2. The van der Waals surface area contributed by atoms with E-state index >= 15 is 0 Å². The molecule has 2 heterocycles. The molecule has 7 atom stereocenters. The Kier molecular flexibility index (Phi) is 13.1. The summed E-state index contributed by atoms with van der Waals surface area (Å²) in [6, 6.07) is 10.1. The Balaban J connectivity index is 1.50. The van der Waals surface area contributed by atoms with Crippen molar-refractivity contribution in [2.75, 3.05) is 65.1 Å². The number of nitrogens with one attached hydrogen (secondary N) is 1. The molecule has 2 aliphatic heterocycles. The first-order valence-electron chi connectivity index (χ1n) is 18.1. The Hall–Kier alpha value is -3.26. The van der Waals surface area contributed by atoms with Gasteiger partial charge in [0.2, 0.25) is 5.91 Å². The predicted molar refractivity (Wildman–Crippen MR) is 191 cm³/mol. The molecule has 5 rings (SSSR count). The highest BCUT2D eigenvalue weighted by molar-refractivity contribution is 5.92. The second kappa shape index (κ2) is 17.3. The summed E-state index contributed by atoms with van der Waals surface area (Å²) in [7, 11) is 3.73. The molecule has 2 saturated heterocycles. The van der Waals surface area contributed by atoms with E-state index in [2.05, 4.69) is 24.1 Å². The van der Waals surface area contributed by atoms with Crippen molar-refractivity contribution in [2.24, 2.45) is 17.8 Å². The van der Waals surface area contributed by atoms with Gasteiger partial charge in [-0.3, -0.25) is 14.5 Å². The standard InChI is InChI=1S/C38H56N4O8/c1-6-26-11-10-24(2)32(18-26)39-37(45)35-34(25(3)44)33(23-43)50-42(35)22-27-8-7-9-31(36(27)49-17-14-41-12-15-48-16-13-41)28-19-29(38(46)47)21-30(20-28)40(4)5/h7-9,19-21,24-26,32-35,43-44H,6,10-18,22-23H2,1-5H3,(H,39,45)(H,46,47)/t24-,25-,26-,32-,33-,34+,35-/m0/s1. The highest BCUT2D eigenvalue weighted by atomic mass is 16.7. The number of nitrogens with zero attached hydrogens (tertiary/aromatic N) is 3. The van der Waals surface area contributed by atoms with Crippen molar-refractivity contribution < 1.29 is 39.2 Å². The minimum Gasteiger partial charge on any atom is -0.491 e. The first-order valence-corrected chi connectivity index (χ1v) is 18.1. The molecule has 12 heteroatoms. The number of anilines is 1. The fourth-order valence-corrected chi connectivity index (χ4v) is 7.65. The smallest absolute Gasteiger partial charge is 0.335 e. The van der Waals surface area contributed by atoms with Gasteiger partial charge in [0.15, 0.2) is 0 Å². The van der Waals surface area contributed by atoms with E-state index in [1.54, 1.807) is 24.1 Å². The molecule has 0 aromatic heterocycles. The Morgan fingerprint density at radius 1 is 1.14 bits per heavy atom. The first kappa shape index (κ1) is 38.0. The van der Waals surface area contributed by atoms with Gasteiger partial charge in [-0.15, -0.1) is 0 Å². The van der Waals surface area contributed by atoms with Crippen molar-refractivity contribution in [3.63, 3.8) is 0 Å². The number of rotatable bonds is 14. The van der Waals surface area contributed by atoms with Gasteiger partial charge in [-0.2, -0.15) is 5.06 Å². The lowest BCUT2D eigenvalue weighted by Crippen LogP contribution is -2.53. The van der Waals surface area contributed by atoms with Crippen LogP contribution in [0, 0.1) is 17.8 Å². The molecule has 2 aromatic carbocycles. The number of morpholine rings is 1. The van der Waals surface area contributed by atoms with Crippen LogP contribution in [0.3, 0.4) is 0 Å². The van der Waals surface area contributed by atoms with Crippen LogP contribution < -0.4 is 15.0 Å². The number of carbonyl (C=O) groups excluding carboxylic acids is 1. The van der Waals surface area contributed by atoms with Gasteiger partial charge < -0.3 is 35.0 Å². The van der Waals surface area contributed by atoms with Crippen LogP contribution in [0.4, 0.5) is 5.69 Å². The van der Waals surface area contributed by atoms with Gasteiger partial charge >= 0.3 is 5.97 Å². The average molecular weight is 697 g/mol. The number of benzene rings is 2. The summed E-state index contributed by atoms with van der Waals surface area (Å²) < 4.78 is 12.1. The Morgan fingerprint density at radius 2 is 1.90 bits per heavy atom. The second-order valence-electron chi connectivity index (χ2n) is 14.4. The average Bonchev–Trinajstić information content (AvgIpc) is 3.48. The molecule has 0 radical (unpaired) electrons. The van der Waals surface area contributed by atoms with E-state index in [1.165, 1.54) is 0 Å². The van der Waals surface area contributed by atoms with Gasteiger partial charge in [0.1, 0.15) is 24.5 Å². The maximum atomic E-state index is 14.2. The number of ether oxygens (including phenoxy) is 2. The minimum atomic E-state index is -1.03. The zero-order chi connectivity index (χ0) is 35.9. The van der Waals surface area contributed by atoms with Gasteiger partial charge in [0.05, 0.1) is 38.0 Å². The monoisotopic (exact) mass is 696 g/mol. The molecule has 3 aliphatic rings. The summed E-state index contributed by atoms with van der Waals surface area (Å²) in [5, 5.41) is 36.1. The number of hydroxylamine groups is 2. The molecule has 0 spiro atoms. The van der Waals surface area contributed by atoms with Crippen LogP contribution in [0.1, 0.15) is 62.4 Å². The van der Waals surface area contributed by atoms with Crippen LogP contribution in [-0.2, 0) is 20.9 Å². The molecule has 3 fully saturated rings. The van der Waals surface area contributed by atoms with E-state index in [9.17, 15) is 24.9 Å². The van der Waals surface area contributed by atoms with Gasteiger partial charge in [0, 0.05) is 62.5 Å². The van der Waals surface area contributed by atoms with E-state index in [0.29, 0.717) is 55.1 Å². The Morgan fingerprint density at radius 3 is 2.56 bits per heavy atom. The number of hydrogen-bond donors (Lipinski definition) is 4. The van der Waals surface area contributed by atoms with Crippen LogP contribution in [-0.4, -0.2) is 122 Å². The fraction of sp³-hybridized carbons (Fsp3) is 0.632. The third-order valence-corrected chi connectivity index (χ3v) is 10.8. The quantitative estimate of drug-likeness (QED) is 0.230. The number of hydrogen-bond acceptors (Lipinski definition) is 10. The van der Waals surface area contributed by atoms with Crippen molar-refractivity contribution in [1.82, 2.24) is 15.3 Å². The molecule has 1 saturated carbocycles. The molecule has 1 amide bonds. The third-order valence-electron chi connectivity index (χ3n) is 10.8. The number of aliphatic hydroxyl groups excluding tert-OH is 2. The van der Waals surface area contributed by atoms with E-state index in [1.807, 2.05) is 43.3 Å². The fourth-order valence-electron chi connectivity index (χ4n) is 7.65. The number of carboxylic acids is 1. The zero-order valence-electron chi connectivity index (χ0n) is 30.2. The SMILES string of the molecule is CC[C@H]1CC[C@H](C)[C@@H](NC(=O)[C@@H]2[C@H]([C@H](C)O)[C@H](CO)ON2Cc2cccc(-c3cc(C(=O)O)cc(N(C)C)c3)c2OCCN2CCOCC2)C1. The minimum absolute atomic E-state index is 0.0145. The topological polar surface area (TPSA) is 144 Å². The van der Waals surface area contributed by atoms with Crippen LogP contribution in [0.5, 0.6) is 5.75 Å². The predicted octanol–water partition coefficient (Wildman–Crippen LogP) is 3.63. The first-order chi connectivity index (χ1) is 24.0. The summed E-state index contributed by atoms with van der Waals surface area (Å²) in [5.41, 5.74) is 3.01. The molecule has 0 bridgehead atoms. The lowest BCUT2D eigenvalue weighted by Gasteiger charge is -2.36. The lowest BCUT2D eigenvalue weighted by molar-refractivity contribution is -0.182. The Labute approximate surface area is 296 Å². The number of para-hydroxylation sites is 1. The van der Waals surface area contributed by atoms with Crippen molar-refractivity contribution in [1.29, 1.82) is 0 Å². The van der Waals surface area contributed by atoms with Gasteiger partial charge in [0.25, 0.3) is 0 Å². The molecular formula is C38H56N4O8. The molecule has 50 heavy (non-hydrogen) atoms. The molecule has 1 aliphatic carbocycles. The second-order valence-corrected chi connectivity index (χ2v) is 14.4. The van der Waals surface area contributed by atoms with Crippen molar-refractivity contribution in [3.8, 4) is 16.9 Å². The highest BCUT2D eigenvalue weighted by Gasteiger charge is 2.50. The van der Waals surface area contributed by atoms with E-state index < -0.39 is 30.1 Å². The number of carbonyl (C=O) groups is 2. The number of aromatic carboxylic acids is 1. The molecule has 12 nitrogen and oxygen atoms in total.